The predicted molar refractivity (Wildman–Crippen MR) is 216 cm³/mol. The number of rotatable bonds is 13. The van der Waals surface area contributed by atoms with E-state index in [1.54, 1.807) is 5.70 Å². The normalized spacial score (nSPS) is 21.2. The summed E-state index contributed by atoms with van der Waals surface area (Å²) in [5, 5.41) is 1.83. The van der Waals surface area contributed by atoms with E-state index < -0.39 is 8.22 Å². The first-order valence-corrected chi connectivity index (χ1v) is 22.6. The minimum atomic E-state index is -0.949. The third kappa shape index (κ3) is 9.32. The van der Waals surface area contributed by atoms with Gasteiger partial charge in [-0.1, -0.05) is 0 Å². The molecule has 2 atom stereocenters. The maximum Gasteiger partial charge on any atom is 0.00651 e. The van der Waals surface area contributed by atoms with Crippen LogP contribution >= 0.6 is 16.4 Å². The number of allylic oxidation sites excluding steroid dienone is 2. The second kappa shape index (κ2) is 18.2. The first-order chi connectivity index (χ1) is 22.3. The molecular formula is C40H71GeN5P2-. The Balaban J connectivity index is 0.000000332. The van der Waals surface area contributed by atoms with E-state index in [4.69, 9.17) is 6.66 Å². The largest absolute Gasteiger partial charge is 0.634 e. The Morgan fingerprint density at radius 2 is 1.08 bits per heavy atom. The SMILES string of the molecule is CC(C)c1cccc(C(C)C)c1[N]([Ge])C1=C(P2N(C(C)C)CCN2C(C)C)[C@@H]2CC[C@H]1C2.[C-]P(N(C(C)C)C(C)C)N(C(C)C)C(C)C. The van der Waals surface area contributed by atoms with E-state index in [0.717, 1.165) is 11.8 Å². The zero-order valence-electron chi connectivity index (χ0n) is 33.7. The molecule has 1 saturated heterocycles. The van der Waals surface area contributed by atoms with Gasteiger partial charge in [-0.2, -0.15) is 8.22 Å². The van der Waals surface area contributed by atoms with E-state index in [9.17, 15) is 0 Å². The molecular weight excluding hydrogens is 685 g/mol. The molecule has 3 aliphatic rings. The van der Waals surface area contributed by atoms with Crippen molar-refractivity contribution in [2.75, 3.05) is 16.9 Å². The van der Waals surface area contributed by atoms with Crippen LogP contribution in [0.2, 0.25) is 0 Å². The molecule has 5 nitrogen and oxygen atoms in total. The molecule has 1 heterocycles. The van der Waals surface area contributed by atoms with Crippen molar-refractivity contribution < 1.29 is 0 Å². The Kier molecular flexibility index (Phi) is 16.1. The average Bonchev–Trinajstić information content (AvgIpc) is 3.70. The van der Waals surface area contributed by atoms with Crippen molar-refractivity contribution in [3.63, 3.8) is 0 Å². The Hall–Kier alpha value is 0.00286. The monoisotopic (exact) mass is 757 g/mol. The van der Waals surface area contributed by atoms with Gasteiger partial charge in [0, 0.05) is 24.2 Å². The van der Waals surface area contributed by atoms with E-state index in [1.165, 1.54) is 49.2 Å². The first kappa shape index (κ1) is 42.4. The number of fused-ring (bicyclic) bond motifs is 2. The molecule has 271 valence electrons. The van der Waals surface area contributed by atoms with Gasteiger partial charge in [-0.25, -0.2) is 0 Å². The van der Waals surface area contributed by atoms with E-state index in [0.29, 0.717) is 48.1 Å². The molecule has 5 radical (unpaired) electrons. The number of hydrogen-bond donors (Lipinski definition) is 0. The van der Waals surface area contributed by atoms with Crippen molar-refractivity contribution in [2.24, 2.45) is 11.8 Å². The molecule has 2 bridgehead atoms. The smallest absolute Gasteiger partial charge is 0.00651 e. The molecule has 0 amide bonds. The van der Waals surface area contributed by atoms with Crippen molar-refractivity contribution in [1.29, 1.82) is 0 Å². The number of anilines is 1. The van der Waals surface area contributed by atoms with Gasteiger partial charge in [0.15, 0.2) is 0 Å². The summed E-state index contributed by atoms with van der Waals surface area (Å²) in [6.45, 7) is 47.5. The topological polar surface area (TPSA) is 16.2 Å². The van der Waals surface area contributed by atoms with Crippen LogP contribution in [0.15, 0.2) is 29.2 Å². The summed E-state index contributed by atoms with van der Waals surface area (Å²) in [7, 11) is -1.32. The fraction of sp³-hybridized carbons (Fsp3) is 0.775. The van der Waals surface area contributed by atoms with Gasteiger partial charge in [0.1, 0.15) is 0 Å². The van der Waals surface area contributed by atoms with Gasteiger partial charge in [0.05, 0.1) is 0 Å². The molecule has 2 fully saturated rings. The maximum absolute atomic E-state index is 8.52. The summed E-state index contributed by atoms with van der Waals surface area (Å²) in [5.74, 6) is 2.60. The van der Waals surface area contributed by atoms with Gasteiger partial charge < -0.3 is 6.66 Å². The molecule has 4 rings (SSSR count). The van der Waals surface area contributed by atoms with Crippen molar-refractivity contribution in [3.05, 3.63) is 47.0 Å². The Morgan fingerprint density at radius 1 is 0.688 bits per heavy atom. The molecule has 2 aliphatic carbocycles. The number of para-hydroxylation sites is 1. The van der Waals surface area contributed by atoms with E-state index in [1.807, 2.05) is 5.31 Å². The zero-order valence-corrected chi connectivity index (χ0v) is 37.6. The summed E-state index contributed by atoms with van der Waals surface area (Å²) in [6, 6.07) is 9.98. The van der Waals surface area contributed by atoms with Crippen LogP contribution in [-0.4, -0.2) is 84.8 Å². The summed E-state index contributed by atoms with van der Waals surface area (Å²) >= 11 is 2.40. The van der Waals surface area contributed by atoms with Gasteiger partial charge in [0.25, 0.3) is 0 Å². The van der Waals surface area contributed by atoms with Crippen LogP contribution in [0.4, 0.5) is 5.69 Å². The summed E-state index contributed by atoms with van der Waals surface area (Å²) in [4.78, 5) is 0. The molecule has 0 unspecified atom stereocenters. The molecule has 0 aromatic heterocycles. The molecule has 1 aliphatic heterocycles. The Labute approximate surface area is 310 Å². The predicted octanol–water partition coefficient (Wildman–Crippen LogP) is 11.3. The minimum Gasteiger partial charge on any atom is -0.634 e. The second-order valence-corrected chi connectivity index (χ2v) is 21.2. The van der Waals surface area contributed by atoms with Crippen LogP contribution < -0.4 is 3.86 Å². The van der Waals surface area contributed by atoms with Crippen molar-refractivity contribution in [2.45, 2.75) is 178 Å². The number of benzene rings is 1. The summed E-state index contributed by atoms with van der Waals surface area (Å²) in [6.07, 6.45) is 4.16. The first-order valence-electron chi connectivity index (χ1n) is 19.1. The molecule has 0 N–H and O–H groups in total. The van der Waals surface area contributed by atoms with Crippen LogP contribution in [0.3, 0.4) is 0 Å². The van der Waals surface area contributed by atoms with E-state index in [2.05, 4.69) is 168 Å². The average molecular weight is 757 g/mol. The zero-order chi connectivity index (χ0) is 36.4. The van der Waals surface area contributed by atoms with Crippen molar-refractivity contribution in [3.8, 4) is 0 Å². The Morgan fingerprint density at radius 3 is 1.44 bits per heavy atom. The Bertz CT molecular complexity index is 1120. The van der Waals surface area contributed by atoms with Gasteiger partial charge in [-0.05, 0) is 55.4 Å². The summed E-state index contributed by atoms with van der Waals surface area (Å²) < 4.78 is 13.0. The molecule has 1 aromatic carbocycles. The van der Waals surface area contributed by atoms with Gasteiger partial charge in [0.2, 0.25) is 0 Å². The van der Waals surface area contributed by atoms with Crippen LogP contribution in [0.5, 0.6) is 0 Å². The van der Waals surface area contributed by atoms with Crippen molar-refractivity contribution >= 4 is 38.9 Å². The van der Waals surface area contributed by atoms with Gasteiger partial charge in [-0.15, -0.1) is 0 Å². The molecule has 1 aromatic rings. The second-order valence-electron chi connectivity index (χ2n) is 16.6. The van der Waals surface area contributed by atoms with E-state index >= 15 is 0 Å². The standard InChI is InChI=1S/C27H43GeN3P.C13H28N2P/c1-17(2)23-10-9-11-24(18(3)4)26(23)31(28)25-21-12-13-22(16-21)27(25)32-29(19(5)6)14-15-30(32)20(7)8;1-10(2)14(11(3)4)16(9)15(12(5)6)13(7)8/h9-11,17-22H,12-16H2,1-8H3;10-13H,1-8H3/q;-1/t21-,22+;/m0./s1. The molecule has 8 heteroatoms. The van der Waals surface area contributed by atoms with Crippen LogP contribution in [0, 0.1) is 18.5 Å². The van der Waals surface area contributed by atoms with E-state index in [-0.39, 0.29) is 8.22 Å². The van der Waals surface area contributed by atoms with Crippen LogP contribution in [0.1, 0.15) is 153 Å². The van der Waals surface area contributed by atoms with Gasteiger partial charge >= 0.3 is 208 Å². The van der Waals surface area contributed by atoms with Crippen LogP contribution in [0.25, 0.3) is 0 Å². The van der Waals surface area contributed by atoms with Crippen LogP contribution in [-0.2, 0) is 0 Å². The quantitative estimate of drug-likeness (QED) is 0.113. The fourth-order valence-electron chi connectivity index (χ4n) is 8.31. The van der Waals surface area contributed by atoms with Crippen molar-refractivity contribution in [1.82, 2.24) is 18.7 Å². The number of nitrogens with zero attached hydrogens (tertiary/aromatic N) is 5. The fourth-order valence-corrected chi connectivity index (χ4v) is 15.0. The third-order valence-electron chi connectivity index (χ3n) is 10.3. The molecule has 0 spiro atoms. The van der Waals surface area contributed by atoms with Gasteiger partial charge in [-0.3, -0.25) is 9.34 Å². The number of hydrogen-bond acceptors (Lipinski definition) is 5. The summed E-state index contributed by atoms with van der Waals surface area (Å²) in [5.41, 5.74) is 6.21. The third-order valence-corrected chi connectivity index (χ3v) is 17.3. The minimum absolute atomic E-state index is 0.374. The maximum atomic E-state index is 8.52. The molecule has 48 heavy (non-hydrogen) atoms. The molecule has 1 saturated carbocycles.